The number of alkyl halides is 1. The fourth-order valence-corrected chi connectivity index (χ4v) is 1.19. The number of aliphatic hydroxyl groups is 1. The molecule has 0 aromatic rings. The summed E-state index contributed by atoms with van der Waals surface area (Å²) in [4.78, 5) is 10.2. The maximum atomic E-state index is 12.6. The van der Waals surface area contributed by atoms with Gasteiger partial charge in [0.2, 0.25) is 0 Å². The van der Waals surface area contributed by atoms with Crippen molar-refractivity contribution in [2.75, 3.05) is 0 Å². The van der Waals surface area contributed by atoms with Gasteiger partial charge in [-0.1, -0.05) is 0 Å². The highest BCUT2D eigenvalue weighted by atomic mass is 19.1. The average molecular weight is 148 g/mol. The summed E-state index contributed by atoms with van der Waals surface area (Å²) in [6, 6.07) is 0. The summed E-state index contributed by atoms with van der Waals surface area (Å²) < 4.78 is 12.6. The van der Waals surface area contributed by atoms with E-state index in [1.807, 2.05) is 0 Å². The Labute approximate surface area is 57.5 Å². The second-order valence-electron chi connectivity index (χ2n) is 2.59. The zero-order chi connectivity index (χ0) is 7.78. The van der Waals surface area contributed by atoms with Gasteiger partial charge in [0, 0.05) is 0 Å². The van der Waals surface area contributed by atoms with Crippen molar-refractivity contribution in [2.45, 2.75) is 31.0 Å². The molecule has 1 saturated carbocycles. The quantitative estimate of drug-likeness (QED) is 0.563. The Hall–Kier alpha value is -0.640. The van der Waals surface area contributed by atoms with E-state index in [9.17, 15) is 9.18 Å². The van der Waals surface area contributed by atoms with Crippen LogP contribution in [0.1, 0.15) is 19.3 Å². The summed E-state index contributed by atoms with van der Waals surface area (Å²) in [5, 5.41) is 17.4. The lowest BCUT2D eigenvalue weighted by Crippen LogP contribution is -2.43. The van der Waals surface area contributed by atoms with Crippen molar-refractivity contribution < 1.29 is 19.4 Å². The second kappa shape index (κ2) is 2.20. The van der Waals surface area contributed by atoms with Crippen LogP contribution in [0.2, 0.25) is 0 Å². The predicted octanol–water partition coefficient (Wildman–Crippen LogP) is 0.324. The summed E-state index contributed by atoms with van der Waals surface area (Å²) in [6.07, 6.45) is -0.957. The van der Waals surface area contributed by atoms with Crippen LogP contribution < -0.4 is 0 Å². The molecule has 0 saturated heterocycles. The molecule has 0 bridgehead atoms. The monoisotopic (exact) mass is 148 g/mol. The molecule has 0 heterocycles. The molecule has 0 amide bonds. The molecule has 1 fully saturated rings. The topological polar surface area (TPSA) is 57.5 Å². The van der Waals surface area contributed by atoms with E-state index in [2.05, 4.69) is 0 Å². The Bertz CT molecular complexity index is 159. The van der Waals surface area contributed by atoms with E-state index in [0.717, 1.165) is 0 Å². The van der Waals surface area contributed by atoms with Crippen LogP contribution in [0.15, 0.2) is 0 Å². The third kappa shape index (κ3) is 0.883. The van der Waals surface area contributed by atoms with Gasteiger partial charge >= 0.3 is 5.97 Å². The van der Waals surface area contributed by atoms with E-state index in [1.54, 1.807) is 0 Å². The minimum Gasteiger partial charge on any atom is -0.479 e. The van der Waals surface area contributed by atoms with Gasteiger partial charge in [-0.25, -0.2) is 9.18 Å². The van der Waals surface area contributed by atoms with E-state index in [4.69, 9.17) is 10.2 Å². The largest absolute Gasteiger partial charge is 0.479 e. The number of aliphatic carboxylic acids is 1. The van der Waals surface area contributed by atoms with Crippen molar-refractivity contribution in [1.82, 2.24) is 0 Å². The van der Waals surface area contributed by atoms with Gasteiger partial charge < -0.3 is 10.2 Å². The zero-order valence-electron chi connectivity index (χ0n) is 5.38. The first-order valence-electron chi connectivity index (χ1n) is 3.17. The number of carboxylic acids is 1. The van der Waals surface area contributed by atoms with Crippen LogP contribution in [0, 0.1) is 0 Å². The van der Waals surface area contributed by atoms with Crippen LogP contribution in [0.4, 0.5) is 4.39 Å². The number of rotatable bonds is 1. The fourth-order valence-electron chi connectivity index (χ4n) is 1.19. The third-order valence-electron chi connectivity index (χ3n) is 1.90. The molecule has 4 heteroatoms. The molecule has 0 aromatic carbocycles. The standard InChI is InChI=1S/C6H9FO3/c7-4-2-1-3-6(4,10)5(8)9/h4,10H,1-3H2,(H,8,9)/t4-,6+/m1/s1. The number of carboxylic acid groups (broad SMARTS) is 1. The summed E-state index contributed by atoms with van der Waals surface area (Å²) in [5.41, 5.74) is -2.10. The Morgan fingerprint density at radius 2 is 2.30 bits per heavy atom. The highest BCUT2D eigenvalue weighted by Gasteiger charge is 2.48. The van der Waals surface area contributed by atoms with Crippen LogP contribution >= 0.6 is 0 Å². The molecular formula is C6H9FO3. The van der Waals surface area contributed by atoms with Gasteiger partial charge in [-0.3, -0.25) is 0 Å². The highest BCUT2D eigenvalue weighted by Crippen LogP contribution is 2.32. The molecule has 0 radical (unpaired) electrons. The fraction of sp³-hybridized carbons (Fsp3) is 0.833. The van der Waals surface area contributed by atoms with Gasteiger partial charge in [0.1, 0.15) is 6.17 Å². The molecule has 2 N–H and O–H groups in total. The van der Waals surface area contributed by atoms with E-state index in [-0.39, 0.29) is 12.8 Å². The van der Waals surface area contributed by atoms with Gasteiger partial charge in [-0.2, -0.15) is 0 Å². The van der Waals surface area contributed by atoms with Crippen LogP contribution in [-0.4, -0.2) is 28.0 Å². The SMILES string of the molecule is O=C(O)[C@]1(O)CCC[C@H]1F. The Balaban J connectivity index is 2.75. The second-order valence-corrected chi connectivity index (χ2v) is 2.59. The number of hydrogen-bond donors (Lipinski definition) is 2. The van der Waals surface area contributed by atoms with Crippen molar-refractivity contribution in [3.05, 3.63) is 0 Å². The molecular weight excluding hydrogens is 139 g/mol. The molecule has 1 aliphatic carbocycles. The molecule has 10 heavy (non-hydrogen) atoms. The lowest BCUT2D eigenvalue weighted by atomic mass is 10.0. The molecule has 0 aromatic heterocycles. The molecule has 58 valence electrons. The van der Waals surface area contributed by atoms with Gasteiger partial charge in [0.15, 0.2) is 5.60 Å². The van der Waals surface area contributed by atoms with Crippen molar-refractivity contribution in [1.29, 1.82) is 0 Å². The first kappa shape index (κ1) is 7.47. The Kier molecular flexibility index (Phi) is 1.64. The Morgan fingerprint density at radius 1 is 1.70 bits per heavy atom. The number of halogens is 1. The third-order valence-corrected chi connectivity index (χ3v) is 1.90. The van der Waals surface area contributed by atoms with Crippen LogP contribution in [0.5, 0.6) is 0 Å². The summed E-state index contributed by atoms with van der Waals surface area (Å²) in [6.45, 7) is 0. The molecule has 0 spiro atoms. The Morgan fingerprint density at radius 3 is 2.50 bits per heavy atom. The maximum Gasteiger partial charge on any atom is 0.338 e. The highest BCUT2D eigenvalue weighted by molar-refractivity contribution is 5.78. The molecule has 3 nitrogen and oxygen atoms in total. The predicted molar refractivity (Wildman–Crippen MR) is 31.3 cm³/mol. The minimum absolute atomic E-state index is 0.0312. The van der Waals surface area contributed by atoms with Crippen molar-refractivity contribution >= 4 is 5.97 Å². The van der Waals surface area contributed by atoms with Crippen LogP contribution in [0.3, 0.4) is 0 Å². The van der Waals surface area contributed by atoms with Gasteiger partial charge in [0.05, 0.1) is 0 Å². The molecule has 0 aliphatic heterocycles. The molecule has 1 aliphatic rings. The molecule has 2 atom stereocenters. The summed E-state index contributed by atoms with van der Waals surface area (Å²) in [7, 11) is 0. The van der Waals surface area contributed by atoms with Crippen molar-refractivity contribution in [2.24, 2.45) is 0 Å². The lowest BCUT2D eigenvalue weighted by Gasteiger charge is -2.18. The number of carbonyl (C=O) groups is 1. The van der Waals surface area contributed by atoms with Crippen molar-refractivity contribution in [3.8, 4) is 0 Å². The van der Waals surface area contributed by atoms with Crippen LogP contribution in [0.25, 0.3) is 0 Å². The maximum absolute atomic E-state index is 12.6. The van der Waals surface area contributed by atoms with E-state index >= 15 is 0 Å². The first-order valence-corrected chi connectivity index (χ1v) is 3.17. The average Bonchev–Trinajstić information content (AvgIpc) is 2.15. The van der Waals surface area contributed by atoms with E-state index < -0.39 is 17.7 Å². The number of hydrogen-bond acceptors (Lipinski definition) is 2. The van der Waals surface area contributed by atoms with Crippen molar-refractivity contribution in [3.63, 3.8) is 0 Å². The summed E-state index contributed by atoms with van der Waals surface area (Å²) >= 11 is 0. The van der Waals surface area contributed by atoms with Gasteiger partial charge in [-0.15, -0.1) is 0 Å². The molecule has 0 unspecified atom stereocenters. The van der Waals surface area contributed by atoms with Crippen LogP contribution in [-0.2, 0) is 4.79 Å². The zero-order valence-corrected chi connectivity index (χ0v) is 5.38. The lowest BCUT2D eigenvalue weighted by molar-refractivity contribution is -0.163. The first-order chi connectivity index (χ1) is 4.57. The smallest absolute Gasteiger partial charge is 0.338 e. The van der Waals surface area contributed by atoms with E-state index in [0.29, 0.717) is 6.42 Å². The van der Waals surface area contributed by atoms with E-state index in [1.165, 1.54) is 0 Å². The summed E-state index contributed by atoms with van der Waals surface area (Å²) in [5.74, 6) is -1.45. The van der Waals surface area contributed by atoms with Gasteiger partial charge in [-0.05, 0) is 19.3 Å². The molecule has 1 rings (SSSR count). The minimum atomic E-state index is -2.10. The van der Waals surface area contributed by atoms with Gasteiger partial charge in [0.25, 0.3) is 0 Å². The normalized spacial score (nSPS) is 40.0.